The summed E-state index contributed by atoms with van der Waals surface area (Å²) in [5.74, 6) is -1.65. The molecule has 15 heavy (non-hydrogen) atoms. The fourth-order valence-electron chi connectivity index (χ4n) is 0.806. The van der Waals surface area contributed by atoms with Gasteiger partial charge in [-0.1, -0.05) is 0 Å². The molecule has 1 amide bonds. The number of carbonyl (C=O) groups excluding carboxylic acids is 1. The topological polar surface area (TPSA) is 118 Å². The second-order valence-corrected chi connectivity index (χ2v) is 2.75. The molecule has 0 aliphatic carbocycles. The third-order valence-corrected chi connectivity index (χ3v) is 1.61. The van der Waals surface area contributed by atoms with E-state index in [0.717, 1.165) is 0 Å². The summed E-state index contributed by atoms with van der Waals surface area (Å²) in [7, 11) is 0. The SMILES string of the molecule is N[C@@H](CNC(=O)c1ccncn1)C(=O)O. The Kier molecular flexibility index (Phi) is 3.69. The first kappa shape index (κ1) is 11.1. The first-order chi connectivity index (χ1) is 7.11. The first-order valence-electron chi connectivity index (χ1n) is 4.14. The van der Waals surface area contributed by atoms with Crippen molar-refractivity contribution in [1.82, 2.24) is 15.3 Å². The van der Waals surface area contributed by atoms with Crippen LogP contribution in [0.1, 0.15) is 10.5 Å². The summed E-state index contributed by atoms with van der Waals surface area (Å²) in [6, 6.07) is 0.303. The van der Waals surface area contributed by atoms with Gasteiger partial charge in [-0.15, -0.1) is 0 Å². The zero-order valence-corrected chi connectivity index (χ0v) is 7.75. The van der Waals surface area contributed by atoms with Crippen molar-refractivity contribution in [2.24, 2.45) is 5.73 Å². The summed E-state index contributed by atoms with van der Waals surface area (Å²) in [5, 5.41) is 10.8. The smallest absolute Gasteiger partial charge is 0.322 e. The van der Waals surface area contributed by atoms with Gasteiger partial charge in [0.15, 0.2) is 0 Å². The molecule has 1 aromatic heterocycles. The van der Waals surface area contributed by atoms with Crippen molar-refractivity contribution in [2.75, 3.05) is 6.54 Å². The van der Waals surface area contributed by atoms with E-state index < -0.39 is 17.9 Å². The summed E-state index contributed by atoms with van der Waals surface area (Å²) in [6.45, 7) is -0.141. The molecular weight excluding hydrogens is 200 g/mol. The lowest BCUT2D eigenvalue weighted by Gasteiger charge is -2.07. The van der Waals surface area contributed by atoms with E-state index in [4.69, 9.17) is 10.8 Å². The van der Waals surface area contributed by atoms with E-state index in [0.29, 0.717) is 0 Å². The van der Waals surface area contributed by atoms with Gasteiger partial charge in [0.25, 0.3) is 5.91 Å². The number of nitrogens with zero attached hydrogens (tertiary/aromatic N) is 2. The highest BCUT2D eigenvalue weighted by molar-refractivity contribution is 5.92. The Morgan fingerprint density at radius 1 is 1.60 bits per heavy atom. The number of carbonyl (C=O) groups is 2. The maximum atomic E-state index is 11.3. The van der Waals surface area contributed by atoms with Crippen molar-refractivity contribution in [1.29, 1.82) is 0 Å². The van der Waals surface area contributed by atoms with E-state index in [1.807, 2.05) is 0 Å². The van der Waals surface area contributed by atoms with Crippen LogP contribution in [0.4, 0.5) is 0 Å². The largest absolute Gasteiger partial charge is 0.480 e. The predicted octanol–water partition coefficient (Wildman–Crippen LogP) is -1.38. The maximum Gasteiger partial charge on any atom is 0.322 e. The number of nitrogens with one attached hydrogen (secondary N) is 1. The number of aliphatic carboxylic acids is 1. The monoisotopic (exact) mass is 210 g/mol. The molecule has 7 nitrogen and oxygen atoms in total. The molecule has 0 fully saturated rings. The Morgan fingerprint density at radius 3 is 2.87 bits per heavy atom. The minimum atomic E-state index is -1.17. The fraction of sp³-hybridized carbons (Fsp3) is 0.250. The van der Waals surface area contributed by atoms with Crippen LogP contribution < -0.4 is 11.1 Å². The van der Waals surface area contributed by atoms with Crippen LogP contribution in [0.5, 0.6) is 0 Å². The molecule has 0 aliphatic rings. The Labute approximate surface area is 85.3 Å². The Balaban J connectivity index is 2.47. The van der Waals surface area contributed by atoms with Gasteiger partial charge in [0.2, 0.25) is 0 Å². The highest BCUT2D eigenvalue weighted by Gasteiger charge is 2.13. The van der Waals surface area contributed by atoms with Gasteiger partial charge < -0.3 is 16.2 Å². The molecule has 7 heteroatoms. The molecule has 0 spiro atoms. The zero-order valence-electron chi connectivity index (χ0n) is 7.75. The van der Waals surface area contributed by atoms with Crippen molar-refractivity contribution in [3.63, 3.8) is 0 Å². The molecule has 1 rings (SSSR count). The van der Waals surface area contributed by atoms with E-state index in [1.54, 1.807) is 0 Å². The lowest BCUT2D eigenvalue weighted by molar-refractivity contribution is -0.138. The number of hydrogen-bond acceptors (Lipinski definition) is 5. The van der Waals surface area contributed by atoms with Crippen LogP contribution in [0.3, 0.4) is 0 Å². The molecule has 0 aromatic carbocycles. The lowest BCUT2D eigenvalue weighted by Crippen LogP contribution is -2.42. The van der Waals surface area contributed by atoms with Gasteiger partial charge in [0, 0.05) is 12.7 Å². The molecule has 0 saturated heterocycles. The standard InChI is InChI=1S/C8H10N4O3/c9-5(8(14)15)3-11-7(13)6-1-2-10-4-12-6/h1-2,4-5H,3,9H2,(H,11,13)(H,14,15)/t5-/m0/s1. The number of amides is 1. The van der Waals surface area contributed by atoms with Gasteiger partial charge in [-0.2, -0.15) is 0 Å². The number of nitrogens with two attached hydrogens (primary N) is 1. The van der Waals surface area contributed by atoms with Crippen molar-refractivity contribution in [3.05, 3.63) is 24.3 Å². The van der Waals surface area contributed by atoms with E-state index in [-0.39, 0.29) is 12.2 Å². The van der Waals surface area contributed by atoms with Crippen molar-refractivity contribution in [3.8, 4) is 0 Å². The third kappa shape index (κ3) is 3.31. The zero-order chi connectivity index (χ0) is 11.3. The van der Waals surface area contributed by atoms with Gasteiger partial charge in [0.05, 0.1) is 0 Å². The molecule has 80 valence electrons. The highest BCUT2D eigenvalue weighted by atomic mass is 16.4. The average molecular weight is 210 g/mol. The molecule has 0 bridgehead atoms. The fourth-order valence-corrected chi connectivity index (χ4v) is 0.806. The quantitative estimate of drug-likeness (QED) is 0.563. The number of aromatic nitrogens is 2. The Hall–Kier alpha value is -2.02. The van der Waals surface area contributed by atoms with Crippen LogP contribution in [-0.2, 0) is 4.79 Å². The van der Waals surface area contributed by atoms with Gasteiger partial charge in [0.1, 0.15) is 18.1 Å². The normalized spacial score (nSPS) is 11.8. The second kappa shape index (κ2) is 5.01. The summed E-state index contributed by atoms with van der Waals surface area (Å²) in [5.41, 5.74) is 5.36. The highest BCUT2D eigenvalue weighted by Crippen LogP contribution is 1.90. The van der Waals surface area contributed by atoms with Crippen LogP contribution in [0, 0.1) is 0 Å². The summed E-state index contributed by atoms with van der Waals surface area (Å²) in [4.78, 5) is 29.0. The molecule has 4 N–H and O–H groups in total. The molecule has 0 radical (unpaired) electrons. The van der Waals surface area contributed by atoms with Gasteiger partial charge in [-0.25, -0.2) is 9.97 Å². The van der Waals surface area contributed by atoms with E-state index in [9.17, 15) is 9.59 Å². The second-order valence-electron chi connectivity index (χ2n) is 2.75. The molecule has 1 atom stereocenters. The number of rotatable bonds is 4. The Bertz CT molecular complexity index is 354. The van der Waals surface area contributed by atoms with Crippen molar-refractivity contribution < 1.29 is 14.7 Å². The Morgan fingerprint density at radius 2 is 2.33 bits per heavy atom. The van der Waals surface area contributed by atoms with Crippen LogP contribution in [0.2, 0.25) is 0 Å². The van der Waals surface area contributed by atoms with Gasteiger partial charge in [-0.05, 0) is 6.07 Å². The molecular formula is C8H10N4O3. The first-order valence-corrected chi connectivity index (χ1v) is 4.14. The van der Waals surface area contributed by atoms with Crippen LogP contribution in [0.25, 0.3) is 0 Å². The molecule has 0 unspecified atom stereocenters. The van der Waals surface area contributed by atoms with E-state index in [1.165, 1.54) is 18.6 Å². The van der Waals surface area contributed by atoms with Crippen molar-refractivity contribution >= 4 is 11.9 Å². The molecule has 1 heterocycles. The molecule has 0 saturated carbocycles. The number of carboxylic acid groups (broad SMARTS) is 1. The van der Waals surface area contributed by atoms with Crippen LogP contribution in [0.15, 0.2) is 18.6 Å². The minimum Gasteiger partial charge on any atom is -0.480 e. The van der Waals surface area contributed by atoms with E-state index in [2.05, 4.69) is 15.3 Å². The lowest BCUT2D eigenvalue weighted by atomic mass is 10.3. The molecule has 1 aromatic rings. The average Bonchev–Trinajstić information content (AvgIpc) is 2.26. The number of hydrogen-bond donors (Lipinski definition) is 3. The predicted molar refractivity (Wildman–Crippen MR) is 50.0 cm³/mol. The molecule has 0 aliphatic heterocycles. The van der Waals surface area contributed by atoms with Crippen LogP contribution in [-0.4, -0.2) is 39.5 Å². The van der Waals surface area contributed by atoms with Crippen molar-refractivity contribution in [2.45, 2.75) is 6.04 Å². The van der Waals surface area contributed by atoms with E-state index >= 15 is 0 Å². The summed E-state index contributed by atoms with van der Waals surface area (Å²) >= 11 is 0. The summed E-state index contributed by atoms with van der Waals surface area (Å²) < 4.78 is 0. The maximum absolute atomic E-state index is 11.3. The summed E-state index contributed by atoms with van der Waals surface area (Å²) in [6.07, 6.45) is 2.64. The van der Waals surface area contributed by atoms with Gasteiger partial charge >= 0.3 is 5.97 Å². The van der Waals surface area contributed by atoms with Crippen LogP contribution >= 0.6 is 0 Å². The minimum absolute atomic E-state index is 0.141. The third-order valence-electron chi connectivity index (χ3n) is 1.61. The number of carboxylic acids is 1. The van der Waals surface area contributed by atoms with Gasteiger partial charge in [-0.3, -0.25) is 9.59 Å².